The van der Waals surface area contributed by atoms with E-state index in [1.54, 1.807) is 10.6 Å². The summed E-state index contributed by atoms with van der Waals surface area (Å²) in [5, 5.41) is 0. The number of imidazole rings is 1. The molecule has 0 bridgehead atoms. The van der Waals surface area contributed by atoms with Crippen LogP contribution >= 0.6 is 0 Å². The van der Waals surface area contributed by atoms with Gasteiger partial charge in [0.05, 0.1) is 5.69 Å². The van der Waals surface area contributed by atoms with Crippen molar-refractivity contribution in [2.45, 2.75) is 26.2 Å². The lowest BCUT2D eigenvalue weighted by Gasteiger charge is -2.13. The van der Waals surface area contributed by atoms with Crippen LogP contribution in [0.25, 0.3) is 5.78 Å². The third-order valence-electron chi connectivity index (χ3n) is 2.23. The molecular weight excluding hydrogens is 190 g/mol. The Labute approximate surface area is 88.0 Å². The van der Waals surface area contributed by atoms with Crippen molar-refractivity contribution < 1.29 is 4.79 Å². The molecule has 4 nitrogen and oxygen atoms in total. The van der Waals surface area contributed by atoms with Gasteiger partial charge >= 0.3 is 0 Å². The smallest absolute Gasteiger partial charge is 0.233 e. The summed E-state index contributed by atoms with van der Waals surface area (Å²) in [4.78, 5) is 19.1. The molecule has 2 aromatic heterocycles. The zero-order valence-corrected chi connectivity index (χ0v) is 9.06. The first kappa shape index (κ1) is 9.83. The summed E-state index contributed by atoms with van der Waals surface area (Å²) in [5.41, 5.74) is 1.52. The summed E-state index contributed by atoms with van der Waals surface area (Å²) in [6.45, 7) is 6.28. The maximum atomic E-state index is 10.6. The number of carbonyl (C=O) groups is 1. The maximum absolute atomic E-state index is 10.6. The number of hydrogen-bond donors (Lipinski definition) is 0. The fraction of sp³-hybridized carbons (Fsp3) is 0.364. The number of fused-ring (bicyclic) bond motifs is 1. The fourth-order valence-corrected chi connectivity index (χ4v) is 1.32. The van der Waals surface area contributed by atoms with E-state index >= 15 is 0 Å². The second kappa shape index (κ2) is 3.15. The van der Waals surface area contributed by atoms with Gasteiger partial charge in [-0.15, -0.1) is 0 Å². The predicted molar refractivity (Wildman–Crippen MR) is 57.1 cm³/mol. The molecule has 2 rings (SSSR count). The van der Waals surface area contributed by atoms with Gasteiger partial charge in [-0.1, -0.05) is 20.8 Å². The summed E-state index contributed by atoms with van der Waals surface area (Å²) in [6.07, 6.45) is 5.96. The minimum Gasteiger partial charge on any atom is -0.298 e. The van der Waals surface area contributed by atoms with Crippen LogP contribution in [0.15, 0.2) is 18.6 Å². The molecule has 0 aromatic carbocycles. The van der Waals surface area contributed by atoms with Crippen LogP contribution < -0.4 is 0 Å². The highest BCUT2D eigenvalue weighted by Gasteiger charge is 2.17. The molecule has 4 heteroatoms. The Balaban J connectivity index is 2.61. The van der Waals surface area contributed by atoms with E-state index in [2.05, 4.69) is 30.7 Å². The largest absolute Gasteiger partial charge is 0.298 e. The van der Waals surface area contributed by atoms with Crippen molar-refractivity contribution in [1.29, 1.82) is 0 Å². The van der Waals surface area contributed by atoms with Crippen LogP contribution in [-0.2, 0) is 5.41 Å². The van der Waals surface area contributed by atoms with Crippen LogP contribution in [0.1, 0.15) is 36.8 Å². The highest BCUT2D eigenvalue weighted by Crippen LogP contribution is 2.20. The molecule has 0 N–H and O–H groups in total. The second-order valence-corrected chi connectivity index (χ2v) is 4.59. The van der Waals surface area contributed by atoms with E-state index in [1.165, 1.54) is 6.20 Å². The summed E-state index contributed by atoms with van der Waals surface area (Å²) in [7, 11) is 0. The molecule has 0 aliphatic carbocycles. The normalized spacial score (nSPS) is 11.9. The molecule has 2 heterocycles. The number of carbonyl (C=O) groups excluding carboxylic acids is 1. The lowest BCUT2D eigenvalue weighted by molar-refractivity contribution is 0.112. The van der Waals surface area contributed by atoms with E-state index in [9.17, 15) is 4.79 Å². The number of rotatable bonds is 1. The highest BCUT2D eigenvalue weighted by atomic mass is 16.1. The number of nitrogens with zero attached hydrogens (tertiary/aromatic N) is 3. The van der Waals surface area contributed by atoms with E-state index in [0.717, 1.165) is 12.0 Å². The number of hydrogen-bond acceptors (Lipinski definition) is 3. The van der Waals surface area contributed by atoms with Crippen LogP contribution in [0.3, 0.4) is 0 Å². The van der Waals surface area contributed by atoms with Gasteiger partial charge in [0.15, 0.2) is 6.29 Å². The van der Waals surface area contributed by atoms with Crippen LogP contribution in [-0.4, -0.2) is 20.7 Å². The average molecular weight is 203 g/mol. The van der Waals surface area contributed by atoms with E-state index in [0.29, 0.717) is 11.3 Å². The van der Waals surface area contributed by atoms with Crippen molar-refractivity contribution in [1.82, 2.24) is 14.4 Å². The first-order valence-electron chi connectivity index (χ1n) is 4.81. The van der Waals surface area contributed by atoms with Crippen LogP contribution in [0.4, 0.5) is 0 Å². The summed E-state index contributed by atoms with van der Waals surface area (Å²) in [6, 6.07) is 0. The summed E-state index contributed by atoms with van der Waals surface area (Å²) >= 11 is 0. The Kier molecular flexibility index (Phi) is 2.07. The minimum absolute atomic E-state index is 0.00492. The number of aldehydes is 1. The first-order chi connectivity index (χ1) is 7.00. The second-order valence-electron chi connectivity index (χ2n) is 4.59. The van der Waals surface area contributed by atoms with Gasteiger partial charge in [-0.05, 0) is 0 Å². The zero-order chi connectivity index (χ0) is 11.1. The van der Waals surface area contributed by atoms with Crippen LogP contribution in [0, 0.1) is 0 Å². The van der Waals surface area contributed by atoms with Gasteiger partial charge in [-0.25, -0.2) is 9.97 Å². The number of aromatic nitrogens is 3. The molecular formula is C11H13N3O. The Bertz CT molecular complexity index is 508. The molecule has 0 atom stereocenters. The van der Waals surface area contributed by atoms with Crippen molar-refractivity contribution in [2.75, 3.05) is 0 Å². The minimum atomic E-state index is -0.00492. The standard InChI is InChI=1S/C11H13N3O/c1-11(2,3)9-6-14-5-8(7-15)4-12-10(14)13-9/h4-7H,1-3H3. The van der Waals surface area contributed by atoms with E-state index in [-0.39, 0.29) is 5.41 Å². The molecule has 0 saturated heterocycles. The van der Waals surface area contributed by atoms with E-state index < -0.39 is 0 Å². The summed E-state index contributed by atoms with van der Waals surface area (Å²) in [5.74, 6) is 0.630. The van der Waals surface area contributed by atoms with Crippen molar-refractivity contribution in [3.63, 3.8) is 0 Å². The van der Waals surface area contributed by atoms with Gasteiger partial charge in [0.25, 0.3) is 0 Å². The Morgan fingerprint density at radius 1 is 1.33 bits per heavy atom. The van der Waals surface area contributed by atoms with E-state index in [1.807, 2.05) is 6.20 Å². The van der Waals surface area contributed by atoms with Crippen molar-refractivity contribution in [3.05, 3.63) is 29.8 Å². The lowest BCUT2D eigenvalue weighted by atomic mass is 9.93. The fourth-order valence-electron chi connectivity index (χ4n) is 1.32. The van der Waals surface area contributed by atoms with Crippen molar-refractivity contribution in [2.24, 2.45) is 0 Å². The van der Waals surface area contributed by atoms with Gasteiger partial charge < -0.3 is 0 Å². The van der Waals surface area contributed by atoms with Gasteiger partial charge in [-0.3, -0.25) is 9.20 Å². The lowest BCUT2D eigenvalue weighted by Crippen LogP contribution is -2.11. The Hall–Kier alpha value is -1.71. The molecule has 0 aliphatic rings. The predicted octanol–water partition coefficient (Wildman–Crippen LogP) is 1.84. The van der Waals surface area contributed by atoms with Gasteiger partial charge in [-0.2, -0.15) is 0 Å². The zero-order valence-electron chi connectivity index (χ0n) is 9.06. The topological polar surface area (TPSA) is 47.3 Å². The molecule has 0 aliphatic heterocycles. The molecule has 15 heavy (non-hydrogen) atoms. The van der Waals surface area contributed by atoms with Crippen molar-refractivity contribution >= 4 is 12.1 Å². The van der Waals surface area contributed by atoms with Crippen molar-refractivity contribution in [3.8, 4) is 0 Å². The molecule has 0 radical (unpaired) electrons. The van der Waals surface area contributed by atoms with Gasteiger partial charge in [0.2, 0.25) is 5.78 Å². The average Bonchev–Trinajstić information content (AvgIpc) is 2.59. The molecule has 0 fully saturated rings. The molecule has 0 saturated carbocycles. The third kappa shape index (κ3) is 1.75. The monoisotopic (exact) mass is 203 g/mol. The molecule has 78 valence electrons. The highest BCUT2D eigenvalue weighted by molar-refractivity contribution is 5.73. The van der Waals surface area contributed by atoms with Crippen LogP contribution in [0.2, 0.25) is 0 Å². The first-order valence-corrected chi connectivity index (χ1v) is 4.81. The third-order valence-corrected chi connectivity index (χ3v) is 2.23. The van der Waals surface area contributed by atoms with E-state index in [4.69, 9.17) is 0 Å². The SMILES string of the molecule is CC(C)(C)c1cn2cc(C=O)cnc2n1. The molecule has 0 spiro atoms. The molecule has 0 amide bonds. The Morgan fingerprint density at radius 2 is 2.07 bits per heavy atom. The van der Waals surface area contributed by atoms with Gasteiger partial charge in [0, 0.05) is 29.6 Å². The molecule has 0 unspecified atom stereocenters. The molecule has 2 aromatic rings. The quantitative estimate of drug-likeness (QED) is 0.664. The Morgan fingerprint density at radius 3 is 2.67 bits per heavy atom. The van der Waals surface area contributed by atoms with Gasteiger partial charge in [0.1, 0.15) is 0 Å². The maximum Gasteiger partial charge on any atom is 0.233 e. The van der Waals surface area contributed by atoms with Crippen LogP contribution in [0.5, 0.6) is 0 Å². The summed E-state index contributed by atoms with van der Waals surface area (Å²) < 4.78 is 1.78.